The molecule has 2 aromatic carbocycles. The van der Waals surface area contributed by atoms with E-state index in [0.29, 0.717) is 15.7 Å². The molecular formula is C20H18Cl2N2O2S3. The molecule has 1 saturated heterocycles. The lowest BCUT2D eigenvalue weighted by atomic mass is 9.79. The fraction of sp³-hybridized carbons (Fsp3) is 0.300. The molecular weight excluding hydrogens is 467 g/mol. The summed E-state index contributed by atoms with van der Waals surface area (Å²) in [5, 5.41) is 3.91. The summed E-state index contributed by atoms with van der Waals surface area (Å²) in [6.45, 7) is 4.15. The Balaban J connectivity index is 1.78. The zero-order valence-electron chi connectivity index (χ0n) is 15.9. The van der Waals surface area contributed by atoms with Gasteiger partial charge in [-0.2, -0.15) is 0 Å². The van der Waals surface area contributed by atoms with Crippen LogP contribution in [0.5, 0.6) is 5.75 Å². The summed E-state index contributed by atoms with van der Waals surface area (Å²) in [5.74, 6) is 0.825. The summed E-state index contributed by atoms with van der Waals surface area (Å²) in [6, 6.07) is 10.6. The zero-order chi connectivity index (χ0) is 20.9. The molecule has 0 spiro atoms. The third-order valence-electron chi connectivity index (χ3n) is 5.25. The molecule has 0 aliphatic carbocycles. The normalized spacial score (nSPS) is 22.1. The maximum Gasteiger partial charge on any atom is 0.326 e. The van der Waals surface area contributed by atoms with Gasteiger partial charge in [0.2, 0.25) is 0 Å². The molecule has 0 aromatic heterocycles. The number of methoxy groups -OCH3 is 1. The van der Waals surface area contributed by atoms with Crippen molar-refractivity contribution in [2.45, 2.75) is 30.6 Å². The minimum absolute atomic E-state index is 0.0779. The molecule has 4 rings (SSSR count). The van der Waals surface area contributed by atoms with E-state index < -0.39 is 5.54 Å². The molecule has 0 bridgehead atoms. The number of fused-ring (bicyclic) bond motifs is 3. The van der Waals surface area contributed by atoms with Gasteiger partial charge in [0.25, 0.3) is 0 Å². The maximum atomic E-state index is 13.4. The molecule has 0 saturated carbocycles. The van der Waals surface area contributed by atoms with E-state index in [9.17, 15) is 4.79 Å². The molecule has 1 N–H and O–H groups in total. The Labute approximate surface area is 193 Å². The van der Waals surface area contributed by atoms with Crippen molar-refractivity contribution in [2.24, 2.45) is 0 Å². The van der Waals surface area contributed by atoms with Crippen LogP contribution in [0.4, 0.5) is 16.2 Å². The fourth-order valence-corrected chi connectivity index (χ4v) is 8.15. The van der Waals surface area contributed by atoms with Crippen LogP contribution in [-0.2, 0) is 0 Å². The van der Waals surface area contributed by atoms with E-state index in [4.69, 9.17) is 40.2 Å². The number of nitrogens with one attached hydrogen (secondary N) is 1. The third kappa shape index (κ3) is 3.61. The summed E-state index contributed by atoms with van der Waals surface area (Å²) in [4.78, 5) is 15.2. The van der Waals surface area contributed by atoms with Crippen molar-refractivity contribution in [3.8, 4) is 5.75 Å². The largest absolute Gasteiger partial charge is 0.497 e. The molecule has 2 aliphatic rings. The van der Waals surface area contributed by atoms with Crippen LogP contribution < -0.4 is 15.0 Å². The fourth-order valence-electron chi connectivity index (χ4n) is 3.82. The van der Waals surface area contributed by atoms with Gasteiger partial charge in [-0.1, -0.05) is 46.2 Å². The zero-order valence-corrected chi connectivity index (χ0v) is 19.8. The molecule has 0 radical (unpaired) electrons. The molecule has 9 heteroatoms. The molecule has 152 valence electrons. The average molecular weight is 485 g/mol. The molecule has 4 nitrogen and oxygen atoms in total. The number of hydrogen-bond donors (Lipinski definition) is 1. The van der Waals surface area contributed by atoms with Crippen LogP contribution in [0.2, 0.25) is 10.0 Å². The maximum absolute atomic E-state index is 13.4. The van der Waals surface area contributed by atoms with Crippen molar-refractivity contribution >= 4 is 78.6 Å². The highest BCUT2D eigenvalue weighted by Gasteiger charge is 2.54. The van der Waals surface area contributed by atoms with Gasteiger partial charge in [0.15, 0.2) is 0 Å². The van der Waals surface area contributed by atoms with Gasteiger partial charge in [0.1, 0.15) is 5.75 Å². The van der Waals surface area contributed by atoms with Gasteiger partial charge >= 0.3 is 6.03 Å². The van der Waals surface area contributed by atoms with Crippen LogP contribution in [0, 0.1) is 0 Å². The first-order valence-electron chi connectivity index (χ1n) is 8.85. The number of thiocarbonyl (C=S) groups is 1. The number of carbonyl (C=O) groups excluding carboxylic acids is 1. The van der Waals surface area contributed by atoms with Crippen LogP contribution >= 0.6 is 57.0 Å². The first kappa shape index (κ1) is 21.1. The summed E-state index contributed by atoms with van der Waals surface area (Å²) < 4.78 is 6.37. The first-order chi connectivity index (χ1) is 13.7. The second kappa shape index (κ2) is 7.85. The number of urea groups is 1. The molecule has 1 fully saturated rings. The SMILES string of the molecule is COc1ccc2c(c1)[C@@H]1C(=S)SS[C@H]1C(C)(C)N2C(=O)Nc1ccc(Cl)c(Cl)c1. The molecule has 2 heterocycles. The second-order valence-corrected chi connectivity index (χ2v) is 11.3. The summed E-state index contributed by atoms with van der Waals surface area (Å²) in [6.07, 6.45) is 0. The number of nitrogens with zero attached hydrogens (tertiary/aromatic N) is 1. The lowest BCUT2D eigenvalue weighted by Gasteiger charge is -2.48. The molecule has 2 atom stereocenters. The molecule has 2 amide bonds. The number of anilines is 2. The van der Waals surface area contributed by atoms with Crippen molar-refractivity contribution in [1.82, 2.24) is 0 Å². The molecule has 29 heavy (non-hydrogen) atoms. The number of amides is 2. The number of benzene rings is 2. The van der Waals surface area contributed by atoms with Crippen LogP contribution in [0.3, 0.4) is 0 Å². The highest BCUT2D eigenvalue weighted by Crippen LogP contribution is 2.59. The van der Waals surface area contributed by atoms with Gasteiger partial charge < -0.3 is 10.1 Å². The number of hydrogen-bond acceptors (Lipinski definition) is 5. The van der Waals surface area contributed by atoms with Gasteiger partial charge in [0.05, 0.1) is 37.8 Å². The van der Waals surface area contributed by atoms with Gasteiger partial charge in [-0.3, -0.25) is 4.90 Å². The monoisotopic (exact) mass is 484 g/mol. The van der Waals surface area contributed by atoms with E-state index in [1.165, 1.54) is 0 Å². The predicted octanol–water partition coefficient (Wildman–Crippen LogP) is 7.01. The Morgan fingerprint density at radius 2 is 1.97 bits per heavy atom. The standard InChI is InChI=1S/C20H18Cl2N2O2S3/c1-20(2)17-16(18(27)29-28-17)12-9-11(26-3)5-7-15(12)24(20)19(25)23-10-4-6-13(21)14(22)8-10/h4-9,16-17H,1-3H3,(H,23,25)/t16-,17+/m0/s1. The lowest BCUT2D eigenvalue weighted by molar-refractivity contribution is 0.249. The van der Waals surface area contributed by atoms with Crippen LogP contribution in [-0.4, -0.2) is 28.1 Å². The van der Waals surface area contributed by atoms with Crippen molar-refractivity contribution in [3.05, 3.63) is 52.0 Å². The van der Waals surface area contributed by atoms with Gasteiger partial charge in [-0.25, -0.2) is 4.79 Å². The predicted molar refractivity (Wildman–Crippen MR) is 129 cm³/mol. The highest BCUT2D eigenvalue weighted by atomic mass is 35.5. The molecule has 2 aliphatic heterocycles. The lowest BCUT2D eigenvalue weighted by Crippen LogP contribution is -2.59. The summed E-state index contributed by atoms with van der Waals surface area (Å²) >= 11 is 17.8. The van der Waals surface area contributed by atoms with E-state index in [0.717, 1.165) is 21.2 Å². The highest BCUT2D eigenvalue weighted by molar-refractivity contribution is 8.84. The molecule has 2 aromatic rings. The smallest absolute Gasteiger partial charge is 0.326 e. The van der Waals surface area contributed by atoms with Gasteiger partial charge in [0, 0.05) is 11.6 Å². The number of rotatable bonds is 2. The van der Waals surface area contributed by atoms with Crippen molar-refractivity contribution < 1.29 is 9.53 Å². The van der Waals surface area contributed by atoms with Crippen LogP contribution in [0.25, 0.3) is 0 Å². The first-order valence-corrected chi connectivity index (χ1v) is 12.2. The van der Waals surface area contributed by atoms with E-state index >= 15 is 0 Å². The number of ether oxygens (including phenoxy) is 1. The summed E-state index contributed by atoms with van der Waals surface area (Å²) in [5.41, 5.74) is 1.96. The summed E-state index contributed by atoms with van der Waals surface area (Å²) in [7, 11) is 4.98. The topological polar surface area (TPSA) is 41.6 Å². The van der Waals surface area contributed by atoms with Crippen molar-refractivity contribution in [2.75, 3.05) is 17.3 Å². The minimum Gasteiger partial charge on any atom is -0.497 e. The van der Waals surface area contributed by atoms with E-state index in [1.54, 1.807) is 46.9 Å². The van der Waals surface area contributed by atoms with E-state index in [2.05, 4.69) is 19.2 Å². The number of halogens is 2. The van der Waals surface area contributed by atoms with Crippen molar-refractivity contribution in [3.63, 3.8) is 0 Å². The van der Waals surface area contributed by atoms with Crippen molar-refractivity contribution in [1.29, 1.82) is 0 Å². The molecule has 0 unspecified atom stereocenters. The Kier molecular flexibility index (Phi) is 5.72. The van der Waals surface area contributed by atoms with E-state index in [1.807, 2.05) is 23.1 Å². The van der Waals surface area contributed by atoms with Crippen LogP contribution in [0.1, 0.15) is 25.3 Å². The number of carbonyl (C=O) groups is 1. The third-order valence-corrected chi connectivity index (χ3v) is 9.83. The van der Waals surface area contributed by atoms with Crippen LogP contribution in [0.15, 0.2) is 36.4 Å². The minimum atomic E-state index is -0.467. The van der Waals surface area contributed by atoms with Gasteiger partial charge in [-0.15, -0.1) is 0 Å². The van der Waals surface area contributed by atoms with E-state index in [-0.39, 0.29) is 17.2 Å². The quantitative estimate of drug-likeness (QED) is 0.366. The van der Waals surface area contributed by atoms with Gasteiger partial charge in [-0.05, 0) is 66.6 Å². The average Bonchev–Trinajstić information content (AvgIpc) is 3.07. The Bertz CT molecular complexity index is 1020. The Morgan fingerprint density at radius 1 is 1.21 bits per heavy atom. The Morgan fingerprint density at radius 3 is 2.66 bits per heavy atom. The Hall–Kier alpha value is -1.12. The second-order valence-electron chi connectivity index (χ2n) is 7.37.